The average molecular weight is 428 g/mol. The Bertz CT molecular complexity index is 791. The molecule has 0 saturated carbocycles. The molecule has 1 aromatic carbocycles. The third-order valence-corrected chi connectivity index (χ3v) is 7.49. The molecule has 1 aromatic rings. The number of halogens is 1. The quantitative estimate of drug-likeness (QED) is 0.757. The second kappa shape index (κ2) is 9.86. The number of carbonyl (C=O) groups excluding carboxylic acids is 1. The highest BCUT2D eigenvalue weighted by Gasteiger charge is 2.36. The van der Waals surface area contributed by atoms with Gasteiger partial charge < -0.3 is 15.0 Å². The van der Waals surface area contributed by atoms with Crippen molar-refractivity contribution in [1.29, 1.82) is 0 Å². The first kappa shape index (κ1) is 22.0. The van der Waals surface area contributed by atoms with Crippen LogP contribution in [0.25, 0.3) is 0 Å². The zero-order valence-corrected chi connectivity index (χ0v) is 17.7. The largest absolute Gasteiger partial charge is 0.381 e. The number of benzene rings is 1. The van der Waals surface area contributed by atoms with Crippen LogP contribution in [0.3, 0.4) is 0 Å². The maximum atomic E-state index is 13.5. The summed E-state index contributed by atoms with van der Waals surface area (Å²) in [5.41, 5.74) is 0. The fourth-order valence-electron chi connectivity index (χ4n) is 4.05. The van der Waals surface area contributed by atoms with E-state index in [0.29, 0.717) is 45.7 Å². The Labute approximate surface area is 172 Å². The first-order valence-electron chi connectivity index (χ1n) is 10.3. The van der Waals surface area contributed by atoms with Gasteiger partial charge in [0.15, 0.2) is 0 Å². The second-order valence-corrected chi connectivity index (χ2v) is 9.51. The Morgan fingerprint density at radius 1 is 1.21 bits per heavy atom. The predicted octanol–water partition coefficient (Wildman–Crippen LogP) is 2.58. The molecule has 0 radical (unpaired) electrons. The van der Waals surface area contributed by atoms with Gasteiger partial charge >= 0.3 is 6.03 Å². The van der Waals surface area contributed by atoms with Crippen molar-refractivity contribution >= 4 is 16.1 Å². The first-order valence-corrected chi connectivity index (χ1v) is 11.8. The number of sulfonamides is 1. The molecule has 9 heteroatoms. The number of nitrogens with one attached hydrogen (secondary N) is 1. The molecular formula is C20H30FN3O4S. The van der Waals surface area contributed by atoms with Crippen molar-refractivity contribution in [2.24, 2.45) is 0 Å². The zero-order valence-electron chi connectivity index (χ0n) is 16.8. The summed E-state index contributed by atoms with van der Waals surface area (Å²) in [5.74, 6) is -0.570. The molecule has 1 N–H and O–H groups in total. The van der Waals surface area contributed by atoms with Gasteiger partial charge in [0.05, 0.1) is 4.90 Å². The van der Waals surface area contributed by atoms with E-state index in [9.17, 15) is 17.6 Å². The van der Waals surface area contributed by atoms with Gasteiger partial charge in [-0.25, -0.2) is 17.6 Å². The van der Waals surface area contributed by atoms with E-state index in [0.717, 1.165) is 25.3 Å². The van der Waals surface area contributed by atoms with Crippen LogP contribution in [-0.4, -0.2) is 68.6 Å². The average Bonchev–Trinajstić information content (AvgIpc) is 2.73. The molecule has 0 aliphatic carbocycles. The number of carbonyl (C=O) groups is 1. The lowest BCUT2D eigenvalue weighted by atomic mass is 9.99. The number of piperidine rings is 1. The molecule has 2 aliphatic rings. The molecule has 0 atom stereocenters. The number of rotatable bonds is 6. The van der Waals surface area contributed by atoms with Gasteiger partial charge in [0.2, 0.25) is 10.0 Å². The van der Waals surface area contributed by atoms with Crippen molar-refractivity contribution in [3.8, 4) is 0 Å². The molecule has 2 saturated heterocycles. The lowest BCUT2D eigenvalue weighted by Crippen LogP contribution is -2.56. The van der Waals surface area contributed by atoms with Gasteiger partial charge in [-0.15, -0.1) is 0 Å². The number of hydrogen-bond acceptors (Lipinski definition) is 4. The molecule has 0 bridgehead atoms. The maximum absolute atomic E-state index is 13.5. The summed E-state index contributed by atoms with van der Waals surface area (Å²) in [6.45, 7) is 4.51. The van der Waals surface area contributed by atoms with Gasteiger partial charge in [0.25, 0.3) is 0 Å². The molecule has 2 amide bonds. The minimum absolute atomic E-state index is 0.0195. The Morgan fingerprint density at radius 3 is 2.48 bits per heavy atom. The van der Waals surface area contributed by atoms with Crippen molar-refractivity contribution in [3.05, 3.63) is 30.1 Å². The molecule has 2 aliphatic heterocycles. The van der Waals surface area contributed by atoms with E-state index in [1.165, 1.54) is 22.5 Å². The van der Waals surface area contributed by atoms with E-state index in [4.69, 9.17) is 4.74 Å². The number of nitrogens with zero attached hydrogens (tertiary/aromatic N) is 2. The fourth-order valence-corrected chi connectivity index (χ4v) is 5.56. The van der Waals surface area contributed by atoms with Crippen LogP contribution in [0.2, 0.25) is 0 Å². The van der Waals surface area contributed by atoms with Crippen molar-refractivity contribution < 1.29 is 22.3 Å². The number of amides is 2. The van der Waals surface area contributed by atoms with E-state index in [1.54, 1.807) is 0 Å². The van der Waals surface area contributed by atoms with Gasteiger partial charge in [0, 0.05) is 44.9 Å². The molecule has 0 unspecified atom stereocenters. The van der Waals surface area contributed by atoms with Gasteiger partial charge in [-0.05, 0) is 50.3 Å². The molecule has 0 spiro atoms. The second-order valence-electron chi connectivity index (χ2n) is 7.58. The van der Waals surface area contributed by atoms with E-state index in [1.807, 2.05) is 11.8 Å². The van der Waals surface area contributed by atoms with Crippen molar-refractivity contribution in [1.82, 2.24) is 14.5 Å². The summed E-state index contributed by atoms with van der Waals surface area (Å²) in [6, 6.07) is 5.10. The lowest BCUT2D eigenvalue weighted by Gasteiger charge is -2.43. The van der Waals surface area contributed by atoms with Crippen LogP contribution in [-0.2, 0) is 14.8 Å². The Kier molecular flexibility index (Phi) is 7.48. The van der Waals surface area contributed by atoms with Crippen LogP contribution in [0.15, 0.2) is 29.2 Å². The Morgan fingerprint density at radius 2 is 1.86 bits per heavy atom. The van der Waals surface area contributed by atoms with E-state index in [2.05, 4.69) is 5.32 Å². The summed E-state index contributed by atoms with van der Waals surface area (Å²) >= 11 is 0. The van der Waals surface area contributed by atoms with Crippen LogP contribution in [0.4, 0.5) is 9.18 Å². The summed E-state index contributed by atoms with van der Waals surface area (Å²) in [7, 11) is -3.74. The monoisotopic (exact) mass is 427 g/mol. The summed E-state index contributed by atoms with van der Waals surface area (Å²) in [5, 5.41) is 2.97. The van der Waals surface area contributed by atoms with Crippen LogP contribution >= 0.6 is 0 Å². The molecular weight excluding hydrogens is 397 g/mol. The Hall–Kier alpha value is -1.71. The van der Waals surface area contributed by atoms with Crippen LogP contribution in [0.1, 0.15) is 39.0 Å². The number of hydrogen-bond donors (Lipinski definition) is 1. The van der Waals surface area contributed by atoms with Gasteiger partial charge in [-0.2, -0.15) is 4.31 Å². The minimum atomic E-state index is -3.74. The van der Waals surface area contributed by atoms with E-state index >= 15 is 0 Å². The summed E-state index contributed by atoms with van der Waals surface area (Å²) in [4.78, 5) is 14.7. The highest BCUT2D eigenvalue weighted by atomic mass is 32.2. The van der Waals surface area contributed by atoms with Gasteiger partial charge in [-0.3, -0.25) is 0 Å². The highest BCUT2D eigenvalue weighted by molar-refractivity contribution is 7.89. The van der Waals surface area contributed by atoms with Crippen molar-refractivity contribution in [2.45, 2.75) is 56.0 Å². The van der Waals surface area contributed by atoms with Gasteiger partial charge in [0.1, 0.15) is 5.82 Å². The molecule has 162 valence electrons. The van der Waals surface area contributed by atoms with Crippen LogP contribution in [0, 0.1) is 5.82 Å². The molecule has 2 fully saturated rings. The third-order valence-electron chi connectivity index (χ3n) is 5.60. The predicted molar refractivity (Wildman–Crippen MR) is 108 cm³/mol. The SMILES string of the molecule is CCCNC(=O)N(C1CCOCC1)C1CCN(S(=O)(=O)c2cccc(F)c2)CC1. The minimum Gasteiger partial charge on any atom is -0.381 e. The third kappa shape index (κ3) is 5.26. The fraction of sp³-hybridized carbons (Fsp3) is 0.650. The first-order chi connectivity index (χ1) is 13.9. The smallest absolute Gasteiger partial charge is 0.317 e. The zero-order chi connectivity index (χ0) is 20.9. The summed E-state index contributed by atoms with van der Waals surface area (Å²) in [6.07, 6.45) is 3.57. The molecule has 0 aromatic heterocycles. The molecule has 7 nitrogen and oxygen atoms in total. The van der Waals surface area contributed by atoms with Gasteiger partial charge in [-0.1, -0.05) is 13.0 Å². The normalized spacial score (nSPS) is 19.8. The highest BCUT2D eigenvalue weighted by Crippen LogP contribution is 2.27. The number of urea groups is 1. The molecule has 3 rings (SSSR count). The molecule has 29 heavy (non-hydrogen) atoms. The van der Waals surface area contributed by atoms with Crippen LogP contribution < -0.4 is 5.32 Å². The summed E-state index contributed by atoms with van der Waals surface area (Å²) < 4.78 is 46.0. The van der Waals surface area contributed by atoms with Crippen molar-refractivity contribution in [3.63, 3.8) is 0 Å². The molecule has 2 heterocycles. The van der Waals surface area contributed by atoms with E-state index < -0.39 is 15.8 Å². The Balaban J connectivity index is 1.69. The lowest BCUT2D eigenvalue weighted by molar-refractivity contribution is 0.0255. The number of ether oxygens (including phenoxy) is 1. The maximum Gasteiger partial charge on any atom is 0.317 e. The van der Waals surface area contributed by atoms with Crippen LogP contribution in [0.5, 0.6) is 0 Å². The topological polar surface area (TPSA) is 79.0 Å². The van der Waals surface area contributed by atoms with E-state index in [-0.39, 0.29) is 23.0 Å². The van der Waals surface area contributed by atoms with Crippen molar-refractivity contribution in [2.75, 3.05) is 32.8 Å². The standard InChI is InChI=1S/C20H30FN3O4S/c1-2-10-22-20(25)24(18-8-13-28-14-9-18)17-6-11-23(12-7-17)29(26,27)19-5-3-4-16(21)15-19/h3-5,15,17-18H,2,6-14H2,1H3,(H,22,25).